The van der Waals surface area contributed by atoms with Crippen molar-refractivity contribution in [2.75, 3.05) is 6.61 Å². The summed E-state index contributed by atoms with van der Waals surface area (Å²) in [5, 5.41) is 0. The van der Waals surface area contributed by atoms with Gasteiger partial charge in [-0.1, -0.05) is 23.8 Å². The highest BCUT2D eigenvalue weighted by molar-refractivity contribution is 5.84. The fourth-order valence-corrected chi connectivity index (χ4v) is 1.05. The third kappa shape index (κ3) is 3.74. The van der Waals surface area contributed by atoms with Crippen LogP contribution in [-0.4, -0.2) is 12.6 Å². The zero-order valence-corrected chi connectivity index (χ0v) is 8.04. The summed E-state index contributed by atoms with van der Waals surface area (Å²) in [6, 6.07) is 0. The Morgan fingerprint density at radius 1 is 1.38 bits per heavy atom. The molecule has 0 saturated carbocycles. The van der Waals surface area contributed by atoms with E-state index in [1.165, 1.54) is 11.6 Å². The van der Waals surface area contributed by atoms with E-state index >= 15 is 0 Å². The maximum absolute atomic E-state index is 10.2. The summed E-state index contributed by atoms with van der Waals surface area (Å²) in [4.78, 5) is 10.2. The molecule has 2 rings (SSSR count). The zero-order chi connectivity index (χ0) is 9.68. The first-order valence-electron chi connectivity index (χ1n) is 4.36. The standard InChI is InChI=1S/C6H8.C5H6O2/c1-6-4-2-3-5-6;1-4-2-5(6)7-3-4/h2,4-5H,3H2,1H3;2H,3H2,1H3. The molecule has 70 valence electrons. The van der Waals surface area contributed by atoms with Crippen LogP contribution in [-0.2, 0) is 9.53 Å². The summed E-state index contributed by atoms with van der Waals surface area (Å²) in [5.74, 6) is -0.211. The molecule has 0 atom stereocenters. The lowest BCUT2D eigenvalue weighted by Gasteiger charge is -1.85. The maximum Gasteiger partial charge on any atom is 0.331 e. The van der Waals surface area contributed by atoms with Gasteiger partial charge in [-0.05, 0) is 25.8 Å². The lowest BCUT2D eigenvalue weighted by Crippen LogP contribution is -1.90. The van der Waals surface area contributed by atoms with Crippen LogP contribution in [0.25, 0.3) is 0 Å². The minimum atomic E-state index is -0.211. The van der Waals surface area contributed by atoms with Crippen LogP contribution in [0.5, 0.6) is 0 Å². The summed E-state index contributed by atoms with van der Waals surface area (Å²) in [5.41, 5.74) is 2.40. The van der Waals surface area contributed by atoms with Gasteiger partial charge >= 0.3 is 5.97 Å². The summed E-state index contributed by atoms with van der Waals surface area (Å²) >= 11 is 0. The van der Waals surface area contributed by atoms with Crippen LogP contribution in [0, 0.1) is 0 Å². The average Bonchev–Trinajstić information content (AvgIpc) is 2.64. The van der Waals surface area contributed by atoms with Crippen molar-refractivity contribution >= 4 is 5.97 Å². The zero-order valence-electron chi connectivity index (χ0n) is 8.04. The molecule has 1 aliphatic carbocycles. The molecule has 0 saturated heterocycles. The number of rotatable bonds is 0. The largest absolute Gasteiger partial charge is 0.458 e. The molecule has 0 fully saturated rings. The van der Waals surface area contributed by atoms with Crippen molar-refractivity contribution < 1.29 is 9.53 Å². The maximum atomic E-state index is 10.2. The highest BCUT2D eigenvalue weighted by Gasteiger charge is 2.06. The molecule has 1 aliphatic heterocycles. The SMILES string of the molecule is CC1=CC(=O)OC1.CC1=CCC=C1. The second-order valence-electron chi connectivity index (χ2n) is 3.18. The van der Waals surface area contributed by atoms with E-state index in [1.807, 2.05) is 6.92 Å². The minimum Gasteiger partial charge on any atom is -0.458 e. The Labute approximate surface area is 78.6 Å². The number of hydrogen-bond donors (Lipinski definition) is 0. The van der Waals surface area contributed by atoms with Crippen molar-refractivity contribution in [1.82, 2.24) is 0 Å². The number of ether oxygens (including phenoxy) is 1. The molecule has 2 nitrogen and oxygen atoms in total. The molecule has 0 aromatic heterocycles. The van der Waals surface area contributed by atoms with Gasteiger partial charge in [0.25, 0.3) is 0 Å². The van der Waals surface area contributed by atoms with Crippen LogP contribution >= 0.6 is 0 Å². The predicted molar refractivity (Wildman–Crippen MR) is 52.2 cm³/mol. The predicted octanol–water partition coefficient (Wildman–Crippen LogP) is 2.38. The number of esters is 1. The molecule has 0 radical (unpaired) electrons. The monoisotopic (exact) mass is 178 g/mol. The Bertz CT molecular complexity index is 280. The first kappa shape index (κ1) is 9.78. The molecule has 0 N–H and O–H groups in total. The van der Waals surface area contributed by atoms with Gasteiger partial charge in [-0.2, -0.15) is 0 Å². The molecular weight excluding hydrogens is 164 g/mol. The van der Waals surface area contributed by atoms with Crippen LogP contribution < -0.4 is 0 Å². The molecular formula is C11H14O2. The van der Waals surface area contributed by atoms with Crippen molar-refractivity contribution in [3.05, 3.63) is 35.5 Å². The van der Waals surface area contributed by atoms with Crippen LogP contribution in [0.3, 0.4) is 0 Å². The van der Waals surface area contributed by atoms with E-state index in [0.29, 0.717) is 6.61 Å². The van der Waals surface area contributed by atoms with Crippen molar-refractivity contribution in [1.29, 1.82) is 0 Å². The number of hydrogen-bond acceptors (Lipinski definition) is 2. The van der Waals surface area contributed by atoms with Crippen molar-refractivity contribution in [2.24, 2.45) is 0 Å². The molecule has 0 unspecified atom stereocenters. The lowest BCUT2D eigenvalue weighted by molar-refractivity contribution is -0.134. The van der Waals surface area contributed by atoms with Crippen LogP contribution in [0.15, 0.2) is 35.5 Å². The van der Waals surface area contributed by atoms with Crippen LogP contribution in [0.1, 0.15) is 20.3 Å². The van der Waals surface area contributed by atoms with Crippen LogP contribution in [0.4, 0.5) is 0 Å². The number of allylic oxidation sites excluding steroid dienone is 4. The fourth-order valence-electron chi connectivity index (χ4n) is 1.05. The van der Waals surface area contributed by atoms with Crippen molar-refractivity contribution in [2.45, 2.75) is 20.3 Å². The Balaban J connectivity index is 0.000000132. The molecule has 2 heteroatoms. The second-order valence-corrected chi connectivity index (χ2v) is 3.18. The van der Waals surface area contributed by atoms with E-state index in [4.69, 9.17) is 0 Å². The van der Waals surface area contributed by atoms with Crippen molar-refractivity contribution in [3.8, 4) is 0 Å². The van der Waals surface area contributed by atoms with E-state index < -0.39 is 0 Å². The number of carbonyl (C=O) groups excluding carboxylic acids is 1. The normalized spacial score (nSPS) is 18.8. The highest BCUT2D eigenvalue weighted by Crippen LogP contribution is 2.05. The Morgan fingerprint density at radius 3 is 2.31 bits per heavy atom. The molecule has 13 heavy (non-hydrogen) atoms. The van der Waals surface area contributed by atoms with E-state index in [9.17, 15) is 4.79 Å². The van der Waals surface area contributed by atoms with Gasteiger partial charge in [0.2, 0.25) is 0 Å². The Morgan fingerprint density at radius 2 is 2.15 bits per heavy atom. The summed E-state index contributed by atoms with van der Waals surface area (Å²) in [7, 11) is 0. The molecule has 0 aromatic carbocycles. The lowest BCUT2D eigenvalue weighted by atomic mass is 10.3. The Hall–Kier alpha value is -1.31. The summed E-state index contributed by atoms with van der Waals surface area (Å²) in [6.07, 6.45) is 9.15. The van der Waals surface area contributed by atoms with Gasteiger partial charge in [-0.3, -0.25) is 0 Å². The number of cyclic esters (lactones) is 1. The smallest absolute Gasteiger partial charge is 0.331 e. The van der Waals surface area contributed by atoms with Gasteiger partial charge in [0.05, 0.1) is 0 Å². The van der Waals surface area contributed by atoms with Gasteiger partial charge in [-0.15, -0.1) is 0 Å². The van der Waals surface area contributed by atoms with E-state index in [-0.39, 0.29) is 5.97 Å². The third-order valence-electron chi connectivity index (χ3n) is 1.76. The van der Waals surface area contributed by atoms with Gasteiger partial charge in [0.15, 0.2) is 0 Å². The van der Waals surface area contributed by atoms with E-state index in [0.717, 1.165) is 12.0 Å². The summed E-state index contributed by atoms with van der Waals surface area (Å²) < 4.78 is 4.53. The minimum absolute atomic E-state index is 0.211. The van der Waals surface area contributed by atoms with Gasteiger partial charge in [0, 0.05) is 6.08 Å². The molecule has 0 bridgehead atoms. The van der Waals surface area contributed by atoms with Gasteiger partial charge < -0.3 is 4.74 Å². The Kier molecular flexibility index (Phi) is 3.50. The fraction of sp³-hybridized carbons (Fsp3) is 0.364. The van der Waals surface area contributed by atoms with Crippen molar-refractivity contribution in [3.63, 3.8) is 0 Å². The van der Waals surface area contributed by atoms with E-state index in [2.05, 4.69) is 29.9 Å². The molecule has 0 spiro atoms. The first-order chi connectivity index (χ1) is 6.18. The van der Waals surface area contributed by atoms with E-state index in [1.54, 1.807) is 0 Å². The van der Waals surface area contributed by atoms with Gasteiger partial charge in [-0.25, -0.2) is 4.79 Å². The number of carbonyl (C=O) groups is 1. The molecule has 0 aromatic rings. The molecule has 0 amide bonds. The topological polar surface area (TPSA) is 26.3 Å². The molecule has 2 aliphatic rings. The van der Waals surface area contributed by atoms with Gasteiger partial charge in [0.1, 0.15) is 6.61 Å². The quantitative estimate of drug-likeness (QED) is 0.532. The first-order valence-corrected chi connectivity index (χ1v) is 4.36. The second kappa shape index (κ2) is 4.65. The third-order valence-corrected chi connectivity index (χ3v) is 1.76. The average molecular weight is 178 g/mol. The summed E-state index contributed by atoms with van der Waals surface area (Å²) in [6.45, 7) is 4.47. The highest BCUT2D eigenvalue weighted by atomic mass is 16.5. The molecule has 1 heterocycles. The van der Waals surface area contributed by atoms with Crippen LogP contribution in [0.2, 0.25) is 0 Å².